The van der Waals surface area contributed by atoms with Crippen LogP contribution >= 0.6 is 0 Å². The second-order valence-electron chi connectivity index (χ2n) is 5.20. The lowest BCUT2D eigenvalue weighted by molar-refractivity contribution is 0.414. The van der Waals surface area contributed by atoms with E-state index in [0.29, 0.717) is 18.2 Å². The second-order valence-corrected chi connectivity index (χ2v) is 5.20. The minimum Gasteiger partial charge on any atom is -0.497 e. The third-order valence-electron chi connectivity index (χ3n) is 3.68. The molecule has 0 aliphatic carbocycles. The van der Waals surface area contributed by atoms with Crippen molar-refractivity contribution in [2.45, 2.75) is 6.42 Å². The zero-order valence-corrected chi connectivity index (χ0v) is 12.5. The number of aromatic nitrogens is 2. The Hall–Kier alpha value is -3.08. The van der Waals surface area contributed by atoms with Crippen molar-refractivity contribution < 1.29 is 13.6 Å². The van der Waals surface area contributed by atoms with Crippen LogP contribution in [0.4, 0.5) is 0 Å². The number of fused-ring (bicyclic) bond motifs is 1. The van der Waals surface area contributed by atoms with Crippen LogP contribution in [0.25, 0.3) is 22.4 Å². The van der Waals surface area contributed by atoms with E-state index in [1.807, 2.05) is 48.5 Å². The number of nitrogens with zero attached hydrogens (tertiary/aromatic N) is 2. The predicted octanol–water partition coefficient (Wildman–Crippen LogP) is 4.08. The minimum atomic E-state index is 0.511. The molecule has 0 fully saturated rings. The average molecular weight is 306 g/mol. The molecule has 5 nitrogen and oxygen atoms in total. The number of furan rings is 1. The molecule has 0 bridgehead atoms. The maximum Gasteiger partial charge on any atom is 0.247 e. The van der Waals surface area contributed by atoms with Gasteiger partial charge in [-0.1, -0.05) is 12.1 Å². The van der Waals surface area contributed by atoms with Gasteiger partial charge < -0.3 is 13.6 Å². The normalized spacial score (nSPS) is 11.0. The first-order valence-electron chi connectivity index (χ1n) is 7.25. The van der Waals surface area contributed by atoms with E-state index in [9.17, 15) is 0 Å². The number of methoxy groups -OCH3 is 1. The fourth-order valence-electron chi connectivity index (χ4n) is 2.46. The molecular formula is C18H14N2O3. The van der Waals surface area contributed by atoms with Crippen molar-refractivity contribution in [1.29, 1.82) is 0 Å². The lowest BCUT2D eigenvalue weighted by atomic mass is 10.1. The molecule has 0 unspecified atom stereocenters. The van der Waals surface area contributed by atoms with Crippen molar-refractivity contribution in [2.24, 2.45) is 0 Å². The van der Waals surface area contributed by atoms with Crippen LogP contribution in [0.15, 0.2) is 63.6 Å². The summed E-state index contributed by atoms with van der Waals surface area (Å²) in [5.74, 6) is 1.92. The van der Waals surface area contributed by atoms with E-state index in [0.717, 1.165) is 27.8 Å². The summed E-state index contributed by atoms with van der Waals surface area (Å²) in [5, 5.41) is 9.27. The van der Waals surface area contributed by atoms with Crippen molar-refractivity contribution in [3.8, 4) is 17.2 Å². The highest BCUT2D eigenvalue weighted by atomic mass is 16.5. The van der Waals surface area contributed by atoms with Crippen LogP contribution in [0, 0.1) is 0 Å². The molecule has 4 aromatic rings. The number of hydrogen-bond donors (Lipinski definition) is 0. The molecule has 0 amide bonds. The summed E-state index contributed by atoms with van der Waals surface area (Å²) in [6.07, 6.45) is 2.25. The van der Waals surface area contributed by atoms with Crippen LogP contribution in [0.1, 0.15) is 11.5 Å². The van der Waals surface area contributed by atoms with Crippen molar-refractivity contribution in [3.63, 3.8) is 0 Å². The molecular weight excluding hydrogens is 292 g/mol. The van der Waals surface area contributed by atoms with Gasteiger partial charge in [0.15, 0.2) is 0 Å². The first-order valence-corrected chi connectivity index (χ1v) is 7.25. The number of benzene rings is 2. The molecule has 0 saturated carbocycles. The molecule has 0 atom stereocenters. The fourth-order valence-corrected chi connectivity index (χ4v) is 2.46. The minimum absolute atomic E-state index is 0.511. The molecule has 114 valence electrons. The van der Waals surface area contributed by atoms with Crippen LogP contribution in [0.2, 0.25) is 0 Å². The summed E-state index contributed by atoms with van der Waals surface area (Å²) in [6.45, 7) is 0. The third-order valence-corrected chi connectivity index (χ3v) is 3.68. The maximum absolute atomic E-state index is 5.77. The topological polar surface area (TPSA) is 61.3 Å². The van der Waals surface area contributed by atoms with E-state index in [-0.39, 0.29) is 0 Å². The highest BCUT2D eigenvalue weighted by Crippen LogP contribution is 2.25. The van der Waals surface area contributed by atoms with E-state index in [1.165, 1.54) is 0 Å². The molecule has 0 N–H and O–H groups in total. The van der Waals surface area contributed by atoms with E-state index in [4.69, 9.17) is 13.6 Å². The monoisotopic (exact) mass is 306 g/mol. The standard InChI is InChI=1S/C18H14N2O3/c1-21-15-5-2-12(3-6-15)10-17-19-20-18(23-17)14-4-7-16-13(11-14)8-9-22-16/h2-9,11H,10H2,1H3. The van der Waals surface area contributed by atoms with E-state index in [1.54, 1.807) is 13.4 Å². The quantitative estimate of drug-likeness (QED) is 0.568. The van der Waals surface area contributed by atoms with Crippen LogP contribution < -0.4 is 4.74 Å². The smallest absolute Gasteiger partial charge is 0.247 e. The zero-order valence-electron chi connectivity index (χ0n) is 12.5. The maximum atomic E-state index is 5.77. The van der Waals surface area contributed by atoms with Gasteiger partial charge in [0.25, 0.3) is 0 Å². The number of hydrogen-bond acceptors (Lipinski definition) is 5. The Morgan fingerprint density at radius 3 is 2.70 bits per heavy atom. The van der Waals surface area contributed by atoms with Gasteiger partial charge in [-0.2, -0.15) is 0 Å². The van der Waals surface area contributed by atoms with Crippen molar-refractivity contribution >= 4 is 11.0 Å². The Morgan fingerprint density at radius 1 is 1.00 bits per heavy atom. The molecule has 0 radical (unpaired) electrons. The lowest BCUT2D eigenvalue weighted by Crippen LogP contribution is -1.89. The number of ether oxygens (including phenoxy) is 1. The molecule has 0 saturated heterocycles. The summed E-state index contributed by atoms with van der Waals surface area (Å²) in [5.41, 5.74) is 2.81. The largest absolute Gasteiger partial charge is 0.497 e. The first kappa shape index (κ1) is 13.6. The summed E-state index contributed by atoms with van der Waals surface area (Å²) >= 11 is 0. The van der Waals surface area contributed by atoms with Crippen LogP contribution in [-0.2, 0) is 6.42 Å². The van der Waals surface area contributed by atoms with Gasteiger partial charge >= 0.3 is 0 Å². The summed E-state index contributed by atoms with van der Waals surface area (Å²) < 4.78 is 16.3. The molecule has 2 aromatic carbocycles. The van der Waals surface area contributed by atoms with Gasteiger partial charge in [-0.25, -0.2) is 0 Å². The van der Waals surface area contributed by atoms with Gasteiger partial charge in [0.2, 0.25) is 11.8 Å². The molecule has 0 aliphatic heterocycles. The molecule has 2 aromatic heterocycles. The van der Waals surface area contributed by atoms with Gasteiger partial charge in [0, 0.05) is 10.9 Å². The predicted molar refractivity (Wildman–Crippen MR) is 85.3 cm³/mol. The van der Waals surface area contributed by atoms with Crippen molar-refractivity contribution in [3.05, 3.63) is 66.2 Å². The summed E-state index contributed by atoms with van der Waals surface area (Å²) in [7, 11) is 1.65. The zero-order chi connectivity index (χ0) is 15.6. The van der Waals surface area contributed by atoms with Gasteiger partial charge in [0.05, 0.1) is 19.8 Å². The Labute approximate surface area is 132 Å². The van der Waals surface area contributed by atoms with Crippen molar-refractivity contribution in [1.82, 2.24) is 10.2 Å². The van der Waals surface area contributed by atoms with Crippen molar-refractivity contribution in [2.75, 3.05) is 7.11 Å². The van der Waals surface area contributed by atoms with E-state index in [2.05, 4.69) is 10.2 Å². The van der Waals surface area contributed by atoms with E-state index < -0.39 is 0 Å². The van der Waals surface area contributed by atoms with Gasteiger partial charge in [0.1, 0.15) is 11.3 Å². The van der Waals surface area contributed by atoms with Crippen LogP contribution in [-0.4, -0.2) is 17.3 Å². The SMILES string of the molecule is COc1ccc(Cc2nnc(-c3ccc4occc4c3)o2)cc1. The number of rotatable bonds is 4. The van der Waals surface area contributed by atoms with Gasteiger partial charge in [-0.3, -0.25) is 0 Å². The average Bonchev–Trinajstić information content (AvgIpc) is 3.23. The molecule has 0 spiro atoms. The Morgan fingerprint density at radius 2 is 1.87 bits per heavy atom. The third kappa shape index (κ3) is 2.68. The first-order chi connectivity index (χ1) is 11.3. The lowest BCUT2D eigenvalue weighted by Gasteiger charge is -2.00. The molecule has 0 aliphatic rings. The Bertz CT molecular complexity index is 938. The van der Waals surface area contributed by atoms with Crippen LogP contribution in [0.3, 0.4) is 0 Å². The second kappa shape index (κ2) is 5.61. The molecule has 23 heavy (non-hydrogen) atoms. The molecule has 2 heterocycles. The van der Waals surface area contributed by atoms with Gasteiger partial charge in [-0.15, -0.1) is 10.2 Å². The Balaban J connectivity index is 1.57. The summed E-state index contributed by atoms with van der Waals surface area (Å²) in [4.78, 5) is 0. The highest BCUT2D eigenvalue weighted by Gasteiger charge is 2.10. The Kier molecular flexibility index (Phi) is 3.31. The van der Waals surface area contributed by atoms with E-state index >= 15 is 0 Å². The molecule has 5 heteroatoms. The summed E-state index contributed by atoms with van der Waals surface area (Å²) in [6, 6.07) is 15.5. The highest BCUT2D eigenvalue weighted by molar-refractivity contribution is 5.81. The van der Waals surface area contributed by atoms with Gasteiger partial charge in [-0.05, 0) is 42.0 Å². The molecule has 4 rings (SSSR count). The van der Waals surface area contributed by atoms with Crippen LogP contribution in [0.5, 0.6) is 5.75 Å². The fraction of sp³-hybridized carbons (Fsp3) is 0.111.